The number of rotatable bonds is 6. The first kappa shape index (κ1) is 23.8. The highest BCUT2D eigenvalue weighted by Crippen LogP contribution is 2.38. The molecule has 2 aromatic rings. The minimum Gasteiger partial charge on any atom is -0.458 e. The number of carbonyl (C=O) groups is 2. The Balaban J connectivity index is 2.01. The molecule has 1 amide bonds. The van der Waals surface area contributed by atoms with Crippen LogP contribution in [0.2, 0.25) is 5.02 Å². The molecule has 0 saturated carbocycles. The van der Waals surface area contributed by atoms with Crippen molar-refractivity contribution < 1.29 is 14.3 Å². The van der Waals surface area contributed by atoms with Crippen molar-refractivity contribution in [1.82, 2.24) is 4.90 Å². The number of ether oxygens (including phenoxy) is 1. The van der Waals surface area contributed by atoms with Crippen LogP contribution in [0.3, 0.4) is 0 Å². The predicted octanol–water partition coefficient (Wildman–Crippen LogP) is 6.16. The number of nitrogens with zero attached hydrogens (tertiary/aromatic N) is 1. The van der Waals surface area contributed by atoms with Gasteiger partial charge in [-0.3, -0.25) is 4.79 Å². The topological polar surface area (TPSA) is 46.6 Å². The Morgan fingerprint density at radius 2 is 1.91 bits per heavy atom. The number of amides is 1. The van der Waals surface area contributed by atoms with E-state index in [2.05, 4.69) is 39.5 Å². The molecule has 1 heterocycles. The first-order valence-corrected chi connectivity index (χ1v) is 11.1. The standard InChI is InChI=1S/C27H30ClNO3/c1-6-14-32-26(31)25-18(2)29(17-19-8-7-9-22(28)15-19)24(30)16-23(25)20-10-12-21(13-11-20)27(3,4)5/h6-13,15,23H,1,14,16-17H2,2-5H3. The van der Waals surface area contributed by atoms with Gasteiger partial charge in [-0.2, -0.15) is 0 Å². The molecule has 3 rings (SSSR count). The molecule has 1 atom stereocenters. The van der Waals surface area contributed by atoms with E-state index in [0.717, 1.165) is 11.1 Å². The Bertz CT molecular complexity index is 1050. The second kappa shape index (κ2) is 9.74. The van der Waals surface area contributed by atoms with E-state index in [9.17, 15) is 9.59 Å². The van der Waals surface area contributed by atoms with Crippen molar-refractivity contribution in [3.8, 4) is 0 Å². The summed E-state index contributed by atoms with van der Waals surface area (Å²) in [4.78, 5) is 27.9. The summed E-state index contributed by atoms with van der Waals surface area (Å²) >= 11 is 6.12. The van der Waals surface area contributed by atoms with Gasteiger partial charge in [0.05, 0.1) is 12.1 Å². The third kappa shape index (κ3) is 5.31. The molecule has 2 aromatic carbocycles. The second-order valence-corrected chi connectivity index (χ2v) is 9.56. The Morgan fingerprint density at radius 3 is 2.50 bits per heavy atom. The van der Waals surface area contributed by atoms with Crippen molar-refractivity contribution >= 4 is 23.5 Å². The lowest BCUT2D eigenvalue weighted by Gasteiger charge is -2.34. The number of esters is 1. The van der Waals surface area contributed by atoms with Gasteiger partial charge in [0, 0.05) is 23.1 Å². The fourth-order valence-corrected chi connectivity index (χ4v) is 4.21. The lowest BCUT2D eigenvalue weighted by Crippen LogP contribution is -2.38. The van der Waals surface area contributed by atoms with Gasteiger partial charge in [-0.25, -0.2) is 4.79 Å². The average Bonchev–Trinajstić information content (AvgIpc) is 2.74. The number of hydrogen-bond acceptors (Lipinski definition) is 3. The van der Waals surface area contributed by atoms with E-state index in [1.165, 1.54) is 5.56 Å². The van der Waals surface area contributed by atoms with Crippen molar-refractivity contribution in [3.05, 3.63) is 94.2 Å². The average molecular weight is 452 g/mol. The quantitative estimate of drug-likeness (QED) is 0.390. The molecule has 0 radical (unpaired) electrons. The van der Waals surface area contributed by atoms with Crippen LogP contribution in [0.1, 0.15) is 56.7 Å². The van der Waals surface area contributed by atoms with Crippen LogP contribution in [0, 0.1) is 0 Å². The van der Waals surface area contributed by atoms with Crippen molar-refractivity contribution in [2.45, 2.75) is 52.0 Å². The molecule has 0 bridgehead atoms. The SMILES string of the molecule is C=CCOC(=O)C1=C(C)N(Cc2cccc(Cl)c2)C(=O)CC1c1ccc(C(C)(C)C)cc1. The Kier molecular flexibility index (Phi) is 7.25. The third-order valence-electron chi connectivity index (χ3n) is 5.78. The van der Waals surface area contributed by atoms with Crippen LogP contribution in [-0.2, 0) is 26.3 Å². The van der Waals surface area contributed by atoms with Gasteiger partial charge in [0.15, 0.2) is 0 Å². The highest BCUT2D eigenvalue weighted by atomic mass is 35.5. The molecule has 32 heavy (non-hydrogen) atoms. The zero-order valence-electron chi connectivity index (χ0n) is 19.2. The molecule has 0 spiro atoms. The lowest BCUT2D eigenvalue weighted by atomic mass is 9.81. The summed E-state index contributed by atoms with van der Waals surface area (Å²) < 4.78 is 5.41. The van der Waals surface area contributed by atoms with Gasteiger partial charge in [0.1, 0.15) is 6.61 Å². The van der Waals surface area contributed by atoms with Crippen molar-refractivity contribution in [2.75, 3.05) is 6.61 Å². The molecule has 1 aliphatic heterocycles. The van der Waals surface area contributed by atoms with E-state index in [0.29, 0.717) is 22.8 Å². The first-order valence-electron chi connectivity index (χ1n) is 10.8. The maximum Gasteiger partial charge on any atom is 0.336 e. The summed E-state index contributed by atoms with van der Waals surface area (Å²) in [5, 5.41) is 0.607. The molecule has 0 saturated heterocycles. The molecule has 0 N–H and O–H groups in total. The molecule has 0 fully saturated rings. The van der Waals surface area contributed by atoms with Crippen LogP contribution in [0.5, 0.6) is 0 Å². The summed E-state index contributed by atoms with van der Waals surface area (Å²) in [5.41, 5.74) is 4.17. The van der Waals surface area contributed by atoms with E-state index in [1.807, 2.05) is 37.3 Å². The molecule has 1 aliphatic rings. The normalized spacial score (nSPS) is 16.8. The smallest absolute Gasteiger partial charge is 0.336 e. The van der Waals surface area contributed by atoms with Crippen molar-refractivity contribution in [3.63, 3.8) is 0 Å². The van der Waals surface area contributed by atoms with Gasteiger partial charge in [0.25, 0.3) is 0 Å². The number of benzene rings is 2. The molecular formula is C27H30ClNO3. The Hall–Kier alpha value is -2.85. The molecule has 4 nitrogen and oxygen atoms in total. The van der Waals surface area contributed by atoms with Gasteiger partial charge >= 0.3 is 5.97 Å². The molecule has 168 valence electrons. The van der Waals surface area contributed by atoms with Crippen LogP contribution >= 0.6 is 11.6 Å². The molecule has 1 unspecified atom stereocenters. The predicted molar refractivity (Wildman–Crippen MR) is 128 cm³/mol. The zero-order valence-corrected chi connectivity index (χ0v) is 19.9. The third-order valence-corrected chi connectivity index (χ3v) is 6.02. The molecular weight excluding hydrogens is 422 g/mol. The summed E-state index contributed by atoms with van der Waals surface area (Å²) in [5.74, 6) is -0.812. The van der Waals surface area contributed by atoms with Crippen LogP contribution in [0.25, 0.3) is 0 Å². The minimum atomic E-state index is -0.420. The minimum absolute atomic E-state index is 0.0200. The maximum absolute atomic E-state index is 13.2. The highest BCUT2D eigenvalue weighted by molar-refractivity contribution is 6.30. The van der Waals surface area contributed by atoms with E-state index < -0.39 is 5.97 Å². The van der Waals surface area contributed by atoms with Crippen molar-refractivity contribution in [2.24, 2.45) is 0 Å². The lowest BCUT2D eigenvalue weighted by molar-refractivity contribution is -0.139. The number of halogens is 1. The fraction of sp³-hybridized carbons (Fsp3) is 0.333. The van der Waals surface area contributed by atoms with Gasteiger partial charge in [-0.15, -0.1) is 0 Å². The van der Waals surface area contributed by atoms with E-state index >= 15 is 0 Å². The molecule has 0 aromatic heterocycles. The monoisotopic (exact) mass is 451 g/mol. The summed E-state index contributed by atoms with van der Waals surface area (Å²) in [6.45, 7) is 12.4. The van der Waals surface area contributed by atoms with Crippen molar-refractivity contribution in [1.29, 1.82) is 0 Å². The maximum atomic E-state index is 13.2. The van der Waals surface area contributed by atoms with Crippen LogP contribution in [-0.4, -0.2) is 23.4 Å². The Labute approximate surface area is 195 Å². The number of hydrogen-bond donors (Lipinski definition) is 0. The highest BCUT2D eigenvalue weighted by Gasteiger charge is 2.37. The van der Waals surface area contributed by atoms with Gasteiger partial charge in [-0.05, 0) is 41.2 Å². The zero-order chi connectivity index (χ0) is 23.5. The van der Waals surface area contributed by atoms with E-state index in [1.54, 1.807) is 17.0 Å². The number of carbonyl (C=O) groups excluding carboxylic acids is 2. The summed E-state index contributed by atoms with van der Waals surface area (Å²) in [6.07, 6.45) is 1.74. The molecule has 5 heteroatoms. The van der Waals surface area contributed by atoms with Gasteiger partial charge in [0.2, 0.25) is 5.91 Å². The summed E-state index contributed by atoms with van der Waals surface area (Å²) in [7, 11) is 0. The van der Waals surface area contributed by atoms with Crippen LogP contribution in [0.15, 0.2) is 72.5 Å². The number of allylic oxidation sites excluding steroid dienone is 1. The second-order valence-electron chi connectivity index (χ2n) is 9.12. The van der Waals surface area contributed by atoms with Gasteiger partial charge in [-0.1, -0.05) is 81.4 Å². The molecule has 0 aliphatic carbocycles. The fourth-order valence-electron chi connectivity index (χ4n) is 4.00. The van der Waals surface area contributed by atoms with Crippen LogP contribution < -0.4 is 0 Å². The van der Waals surface area contributed by atoms with E-state index in [-0.39, 0.29) is 30.3 Å². The largest absolute Gasteiger partial charge is 0.458 e. The van der Waals surface area contributed by atoms with Crippen LogP contribution in [0.4, 0.5) is 0 Å². The Morgan fingerprint density at radius 1 is 1.22 bits per heavy atom. The first-order chi connectivity index (χ1) is 15.1. The van der Waals surface area contributed by atoms with Gasteiger partial charge < -0.3 is 9.64 Å². The van der Waals surface area contributed by atoms with E-state index in [4.69, 9.17) is 16.3 Å². The summed E-state index contributed by atoms with van der Waals surface area (Å²) in [6, 6.07) is 15.6.